The van der Waals surface area contributed by atoms with Gasteiger partial charge in [-0.15, -0.1) is 10.2 Å². The molecule has 132 valence electrons. The summed E-state index contributed by atoms with van der Waals surface area (Å²) >= 11 is 0. The summed E-state index contributed by atoms with van der Waals surface area (Å²) in [6, 6.07) is 8.40. The molecule has 0 unspecified atom stereocenters. The maximum Gasteiger partial charge on any atom is 0.183 e. The minimum absolute atomic E-state index is 0.377. The highest BCUT2D eigenvalue weighted by Crippen LogP contribution is 2.17. The summed E-state index contributed by atoms with van der Waals surface area (Å²) in [5.41, 5.74) is 12.0. The van der Waals surface area contributed by atoms with Crippen molar-refractivity contribution in [1.29, 1.82) is 0 Å². The van der Waals surface area contributed by atoms with E-state index in [1.165, 1.54) is 44.3 Å². The lowest BCUT2D eigenvalue weighted by Crippen LogP contribution is -2.38. The average Bonchev–Trinajstić information content (AvgIpc) is 3.35. The minimum Gasteiger partial charge on any atom is -0.380 e. The van der Waals surface area contributed by atoms with E-state index in [2.05, 4.69) is 48.7 Å². The fraction of sp³-hybridized carbons (Fsp3) is 0.500. The SMILES string of the molecule is NC1=NN=C(N2CCCC2)/C1=N\Nc1cccc(CN2CCCC2)c1. The number of nitrogens with two attached hydrogens (primary N) is 1. The topological polar surface area (TPSA) is 81.6 Å². The molecule has 3 aliphatic rings. The summed E-state index contributed by atoms with van der Waals surface area (Å²) < 4.78 is 0. The number of hydrogen-bond donors (Lipinski definition) is 2. The predicted molar refractivity (Wildman–Crippen MR) is 102 cm³/mol. The fourth-order valence-corrected chi connectivity index (χ4v) is 3.62. The molecule has 7 heteroatoms. The Morgan fingerprint density at radius 2 is 1.80 bits per heavy atom. The first-order valence-corrected chi connectivity index (χ1v) is 9.11. The molecule has 1 aromatic rings. The second kappa shape index (κ2) is 7.23. The molecule has 0 spiro atoms. The van der Waals surface area contributed by atoms with Crippen molar-refractivity contribution >= 4 is 23.1 Å². The van der Waals surface area contributed by atoms with Crippen LogP contribution < -0.4 is 11.2 Å². The monoisotopic (exact) mass is 339 g/mol. The average molecular weight is 339 g/mol. The summed E-state index contributed by atoms with van der Waals surface area (Å²) in [5.74, 6) is 1.17. The van der Waals surface area contributed by atoms with E-state index in [9.17, 15) is 0 Å². The Kier molecular flexibility index (Phi) is 4.65. The van der Waals surface area contributed by atoms with Crippen LogP contribution in [0.2, 0.25) is 0 Å². The molecular formula is C18H25N7. The van der Waals surface area contributed by atoms with Gasteiger partial charge in [0.05, 0.1) is 5.69 Å². The molecule has 0 bridgehead atoms. The van der Waals surface area contributed by atoms with Crippen LogP contribution in [0.4, 0.5) is 5.69 Å². The number of nitrogens with one attached hydrogen (secondary N) is 1. The fourth-order valence-electron chi connectivity index (χ4n) is 3.62. The second-order valence-corrected chi connectivity index (χ2v) is 6.86. The smallest absolute Gasteiger partial charge is 0.183 e. The van der Waals surface area contributed by atoms with Crippen LogP contribution in [-0.2, 0) is 6.54 Å². The van der Waals surface area contributed by atoms with E-state index in [0.29, 0.717) is 11.5 Å². The van der Waals surface area contributed by atoms with Crippen molar-refractivity contribution in [2.75, 3.05) is 31.6 Å². The van der Waals surface area contributed by atoms with Crippen LogP contribution >= 0.6 is 0 Å². The molecule has 3 N–H and O–H groups in total. The molecule has 0 saturated carbocycles. The van der Waals surface area contributed by atoms with Crippen molar-refractivity contribution in [3.63, 3.8) is 0 Å². The first kappa shape index (κ1) is 16.1. The Hall–Kier alpha value is -2.41. The van der Waals surface area contributed by atoms with Crippen LogP contribution in [0.15, 0.2) is 39.6 Å². The summed E-state index contributed by atoms with van der Waals surface area (Å²) in [6.45, 7) is 5.37. The van der Waals surface area contributed by atoms with Crippen LogP contribution in [0, 0.1) is 0 Å². The molecule has 4 rings (SSSR count). The van der Waals surface area contributed by atoms with Crippen LogP contribution in [0.1, 0.15) is 31.2 Å². The van der Waals surface area contributed by atoms with E-state index >= 15 is 0 Å². The molecule has 3 aliphatic heterocycles. The first-order valence-electron chi connectivity index (χ1n) is 9.11. The number of likely N-dealkylation sites (tertiary alicyclic amines) is 2. The first-order chi connectivity index (χ1) is 12.3. The van der Waals surface area contributed by atoms with Crippen molar-refractivity contribution in [3.05, 3.63) is 29.8 Å². The van der Waals surface area contributed by atoms with Gasteiger partial charge in [0, 0.05) is 19.6 Å². The van der Waals surface area contributed by atoms with Crippen molar-refractivity contribution in [3.8, 4) is 0 Å². The van der Waals surface area contributed by atoms with Crippen molar-refractivity contribution in [2.24, 2.45) is 21.0 Å². The van der Waals surface area contributed by atoms with Crippen molar-refractivity contribution < 1.29 is 0 Å². The number of benzene rings is 1. The number of hydrazone groups is 1. The lowest BCUT2D eigenvalue weighted by Gasteiger charge is -2.17. The highest BCUT2D eigenvalue weighted by molar-refractivity contribution is 6.68. The van der Waals surface area contributed by atoms with E-state index in [0.717, 1.165) is 31.2 Å². The Bertz CT molecular complexity index is 710. The van der Waals surface area contributed by atoms with Crippen LogP contribution in [0.25, 0.3) is 0 Å². The normalized spacial score (nSPS) is 22.6. The molecule has 3 heterocycles. The summed E-state index contributed by atoms with van der Waals surface area (Å²) in [4.78, 5) is 4.69. The molecule has 0 atom stereocenters. The quantitative estimate of drug-likeness (QED) is 0.820. The third-order valence-corrected chi connectivity index (χ3v) is 4.94. The second-order valence-electron chi connectivity index (χ2n) is 6.86. The largest absolute Gasteiger partial charge is 0.380 e. The van der Waals surface area contributed by atoms with Gasteiger partial charge in [-0.25, -0.2) is 0 Å². The predicted octanol–water partition coefficient (Wildman–Crippen LogP) is 1.83. The van der Waals surface area contributed by atoms with Crippen molar-refractivity contribution in [2.45, 2.75) is 32.2 Å². The van der Waals surface area contributed by atoms with Gasteiger partial charge >= 0.3 is 0 Å². The minimum atomic E-state index is 0.377. The molecule has 2 saturated heterocycles. The van der Waals surface area contributed by atoms with Gasteiger partial charge in [0.25, 0.3) is 0 Å². The molecule has 2 fully saturated rings. The molecule has 1 aromatic carbocycles. The maximum absolute atomic E-state index is 5.97. The van der Waals surface area contributed by atoms with Gasteiger partial charge in [0.2, 0.25) is 0 Å². The zero-order valence-electron chi connectivity index (χ0n) is 14.5. The Morgan fingerprint density at radius 1 is 1.04 bits per heavy atom. The van der Waals surface area contributed by atoms with Crippen LogP contribution in [-0.4, -0.2) is 53.4 Å². The Morgan fingerprint density at radius 3 is 2.60 bits per heavy atom. The molecule has 0 aromatic heterocycles. The van der Waals surface area contributed by atoms with E-state index in [4.69, 9.17) is 5.73 Å². The van der Waals surface area contributed by atoms with Gasteiger partial charge in [-0.2, -0.15) is 5.10 Å². The van der Waals surface area contributed by atoms with Crippen molar-refractivity contribution in [1.82, 2.24) is 9.80 Å². The van der Waals surface area contributed by atoms with Gasteiger partial charge in [0.1, 0.15) is 0 Å². The zero-order chi connectivity index (χ0) is 17.1. The van der Waals surface area contributed by atoms with Crippen LogP contribution in [0.3, 0.4) is 0 Å². The highest BCUT2D eigenvalue weighted by atomic mass is 15.4. The van der Waals surface area contributed by atoms with Gasteiger partial charge < -0.3 is 10.6 Å². The van der Waals surface area contributed by atoms with Gasteiger partial charge in [-0.3, -0.25) is 10.3 Å². The maximum atomic E-state index is 5.97. The summed E-state index contributed by atoms with van der Waals surface area (Å²) in [5, 5.41) is 12.7. The zero-order valence-corrected chi connectivity index (χ0v) is 14.5. The molecule has 0 amide bonds. The van der Waals surface area contributed by atoms with Gasteiger partial charge in [-0.1, -0.05) is 12.1 Å². The molecular weight excluding hydrogens is 314 g/mol. The molecule has 7 nitrogen and oxygen atoms in total. The third kappa shape index (κ3) is 3.66. The van der Waals surface area contributed by atoms with E-state index in [1.54, 1.807) is 0 Å². The lowest BCUT2D eigenvalue weighted by atomic mass is 10.2. The van der Waals surface area contributed by atoms with Crippen LogP contribution in [0.5, 0.6) is 0 Å². The summed E-state index contributed by atoms with van der Waals surface area (Å²) in [7, 11) is 0. The van der Waals surface area contributed by atoms with E-state index in [-0.39, 0.29) is 0 Å². The van der Waals surface area contributed by atoms with E-state index in [1.807, 2.05) is 6.07 Å². The highest BCUT2D eigenvalue weighted by Gasteiger charge is 2.27. The lowest BCUT2D eigenvalue weighted by molar-refractivity contribution is 0.331. The molecule has 0 radical (unpaired) electrons. The molecule has 0 aliphatic carbocycles. The standard InChI is InChI=1S/C18H25N7/c19-17-16(18(23-22-17)25-10-3-4-11-25)21-20-15-7-5-6-14(12-15)13-24-8-1-2-9-24/h5-7,12,20H,1-4,8-11,13H2,(H2,19,21,22). The van der Waals surface area contributed by atoms with Gasteiger partial charge in [-0.05, 0) is 56.5 Å². The number of hydrogen-bond acceptors (Lipinski definition) is 7. The third-order valence-electron chi connectivity index (χ3n) is 4.94. The summed E-state index contributed by atoms with van der Waals surface area (Å²) in [6.07, 6.45) is 4.97. The Labute approximate surface area is 148 Å². The number of amidine groups is 2. The van der Waals surface area contributed by atoms with Gasteiger partial charge in [0.15, 0.2) is 17.4 Å². The Balaban J connectivity index is 1.45. The number of rotatable bonds is 4. The number of anilines is 1. The number of nitrogens with zero attached hydrogens (tertiary/aromatic N) is 5. The molecule has 25 heavy (non-hydrogen) atoms. The van der Waals surface area contributed by atoms with E-state index < -0.39 is 0 Å².